The molecular formula is C13H14N4O3. The highest BCUT2D eigenvalue weighted by atomic mass is 16.4. The lowest BCUT2D eigenvalue weighted by Crippen LogP contribution is -2.36. The normalized spacial score (nSPS) is 10.2. The van der Waals surface area contributed by atoms with Crippen LogP contribution in [0.5, 0.6) is 0 Å². The van der Waals surface area contributed by atoms with Crippen molar-refractivity contribution in [1.82, 2.24) is 15.0 Å². The summed E-state index contributed by atoms with van der Waals surface area (Å²) in [6.45, 7) is 0.00197. The van der Waals surface area contributed by atoms with E-state index in [1.165, 1.54) is 15.8 Å². The molecule has 1 amide bonds. The van der Waals surface area contributed by atoms with Crippen molar-refractivity contribution in [3.05, 3.63) is 42.7 Å². The van der Waals surface area contributed by atoms with Crippen LogP contribution in [0.1, 0.15) is 6.42 Å². The third-order valence-corrected chi connectivity index (χ3v) is 2.69. The number of carbonyl (C=O) groups excluding carboxylic acids is 1. The summed E-state index contributed by atoms with van der Waals surface area (Å²) in [7, 11) is 0. The molecular weight excluding hydrogens is 260 g/mol. The standard InChI is InChI=1S/C13H14N4O3/c18-12(6-8-16-9-7-14-15-16)17(10-13(19)20)11-4-2-1-3-5-11/h1-5,7,9H,6,8,10H2,(H,19,20). The third kappa shape index (κ3) is 3.64. The molecule has 0 aliphatic carbocycles. The highest BCUT2D eigenvalue weighted by Crippen LogP contribution is 2.14. The summed E-state index contributed by atoms with van der Waals surface area (Å²) in [4.78, 5) is 24.3. The molecule has 0 bridgehead atoms. The van der Waals surface area contributed by atoms with Crippen LogP contribution in [-0.4, -0.2) is 38.5 Å². The Morgan fingerprint density at radius 2 is 2.00 bits per heavy atom. The molecule has 20 heavy (non-hydrogen) atoms. The summed E-state index contributed by atoms with van der Waals surface area (Å²) in [6.07, 6.45) is 3.33. The number of para-hydroxylation sites is 1. The SMILES string of the molecule is O=C(O)CN(C(=O)CCn1ccnn1)c1ccccc1. The molecule has 0 aliphatic rings. The fourth-order valence-corrected chi connectivity index (χ4v) is 1.76. The molecule has 0 saturated heterocycles. The monoisotopic (exact) mass is 274 g/mol. The second kappa shape index (κ2) is 6.46. The molecule has 0 unspecified atom stereocenters. The molecule has 0 spiro atoms. The quantitative estimate of drug-likeness (QED) is 0.841. The molecule has 0 radical (unpaired) electrons. The van der Waals surface area contributed by atoms with Crippen molar-refractivity contribution in [3.8, 4) is 0 Å². The fourth-order valence-electron chi connectivity index (χ4n) is 1.76. The third-order valence-electron chi connectivity index (χ3n) is 2.69. The highest BCUT2D eigenvalue weighted by Gasteiger charge is 2.18. The van der Waals surface area contributed by atoms with Gasteiger partial charge in [-0.05, 0) is 12.1 Å². The molecule has 7 heteroatoms. The molecule has 1 N–H and O–H groups in total. The first-order valence-corrected chi connectivity index (χ1v) is 6.08. The molecule has 1 aromatic heterocycles. The van der Waals surface area contributed by atoms with Crippen LogP contribution >= 0.6 is 0 Å². The minimum absolute atomic E-state index is 0.158. The van der Waals surface area contributed by atoms with Crippen molar-refractivity contribution in [1.29, 1.82) is 0 Å². The van der Waals surface area contributed by atoms with Gasteiger partial charge in [-0.15, -0.1) is 5.10 Å². The average Bonchev–Trinajstić information content (AvgIpc) is 2.96. The van der Waals surface area contributed by atoms with E-state index >= 15 is 0 Å². The maximum absolute atomic E-state index is 12.2. The topological polar surface area (TPSA) is 88.3 Å². The molecule has 104 valence electrons. The summed E-state index contributed by atoms with van der Waals surface area (Å²) < 4.78 is 1.53. The lowest BCUT2D eigenvalue weighted by molar-refractivity contribution is -0.136. The second-order valence-corrected chi connectivity index (χ2v) is 4.13. The number of benzene rings is 1. The maximum Gasteiger partial charge on any atom is 0.323 e. The number of carbonyl (C=O) groups is 2. The summed E-state index contributed by atoms with van der Waals surface area (Å²) in [6, 6.07) is 8.73. The van der Waals surface area contributed by atoms with Crippen LogP contribution < -0.4 is 4.90 Å². The van der Waals surface area contributed by atoms with E-state index in [0.717, 1.165) is 0 Å². The van der Waals surface area contributed by atoms with Crippen LogP contribution in [0, 0.1) is 0 Å². The second-order valence-electron chi connectivity index (χ2n) is 4.13. The molecule has 2 rings (SSSR count). The number of anilines is 1. The Balaban J connectivity index is 2.06. The minimum atomic E-state index is -1.05. The zero-order valence-corrected chi connectivity index (χ0v) is 10.7. The first-order valence-electron chi connectivity index (χ1n) is 6.08. The molecule has 0 fully saturated rings. The zero-order valence-electron chi connectivity index (χ0n) is 10.7. The summed E-state index contributed by atoms with van der Waals surface area (Å²) in [5.41, 5.74) is 0.568. The van der Waals surface area contributed by atoms with Crippen molar-refractivity contribution in [2.75, 3.05) is 11.4 Å². The Bertz CT molecular complexity index is 569. The van der Waals surface area contributed by atoms with Gasteiger partial charge < -0.3 is 10.0 Å². The number of carboxylic acid groups (broad SMARTS) is 1. The number of amides is 1. The van der Waals surface area contributed by atoms with Gasteiger partial charge in [0.15, 0.2) is 0 Å². The molecule has 0 atom stereocenters. The van der Waals surface area contributed by atoms with Gasteiger partial charge in [0.2, 0.25) is 5.91 Å². The maximum atomic E-state index is 12.2. The van der Waals surface area contributed by atoms with Gasteiger partial charge >= 0.3 is 5.97 Å². The smallest absolute Gasteiger partial charge is 0.323 e. The van der Waals surface area contributed by atoms with Gasteiger partial charge in [-0.2, -0.15) is 0 Å². The van der Waals surface area contributed by atoms with Gasteiger partial charge in [0.25, 0.3) is 0 Å². The number of rotatable bonds is 6. The number of aliphatic carboxylic acids is 1. The Hall–Kier alpha value is -2.70. The number of hydrogen-bond acceptors (Lipinski definition) is 4. The van der Waals surface area contributed by atoms with E-state index in [4.69, 9.17) is 5.11 Å². The van der Waals surface area contributed by atoms with E-state index in [1.54, 1.807) is 30.5 Å². The van der Waals surface area contributed by atoms with E-state index in [9.17, 15) is 9.59 Å². The van der Waals surface area contributed by atoms with Gasteiger partial charge in [-0.3, -0.25) is 14.3 Å². The number of nitrogens with zero attached hydrogens (tertiary/aromatic N) is 4. The van der Waals surface area contributed by atoms with Crippen molar-refractivity contribution < 1.29 is 14.7 Å². The van der Waals surface area contributed by atoms with Gasteiger partial charge in [-0.1, -0.05) is 23.4 Å². The average molecular weight is 274 g/mol. The van der Waals surface area contributed by atoms with Gasteiger partial charge in [0.05, 0.1) is 12.7 Å². The molecule has 1 aromatic carbocycles. The predicted molar refractivity (Wildman–Crippen MR) is 71.1 cm³/mol. The molecule has 0 aliphatic heterocycles. The van der Waals surface area contributed by atoms with Gasteiger partial charge in [0.1, 0.15) is 6.54 Å². The van der Waals surface area contributed by atoms with Gasteiger partial charge in [0, 0.05) is 18.3 Å². The van der Waals surface area contributed by atoms with E-state index in [-0.39, 0.29) is 18.9 Å². The molecule has 7 nitrogen and oxygen atoms in total. The minimum Gasteiger partial charge on any atom is -0.480 e. The van der Waals surface area contributed by atoms with Crippen LogP contribution in [0.4, 0.5) is 5.69 Å². The Morgan fingerprint density at radius 1 is 1.25 bits per heavy atom. The largest absolute Gasteiger partial charge is 0.480 e. The zero-order chi connectivity index (χ0) is 14.4. The Kier molecular flexibility index (Phi) is 4.43. The number of hydrogen-bond donors (Lipinski definition) is 1. The van der Waals surface area contributed by atoms with E-state index in [2.05, 4.69) is 10.3 Å². The van der Waals surface area contributed by atoms with Crippen LogP contribution in [0.2, 0.25) is 0 Å². The Labute approximate surface area is 115 Å². The lowest BCUT2D eigenvalue weighted by Gasteiger charge is -2.20. The molecule has 1 heterocycles. The van der Waals surface area contributed by atoms with Crippen molar-refractivity contribution in [2.24, 2.45) is 0 Å². The highest BCUT2D eigenvalue weighted by molar-refractivity contribution is 5.97. The van der Waals surface area contributed by atoms with E-state index < -0.39 is 5.97 Å². The molecule has 2 aromatic rings. The van der Waals surface area contributed by atoms with Crippen LogP contribution in [0.25, 0.3) is 0 Å². The van der Waals surface area contributed by atoms with Crippen LogP contribution in [-0.2, 0) is 16.1 Å². The van der Waals surface area contributed by atoms with Crippen molar-refractivity contribution >= 4 is 17.6 Å². The summed E-state index contributed by atoms with van der Waals surface area (Å²) in [5.74, 6) is -1.32. The van der Waals surface area contributed by atoms with Gasteiger partial charge in [-0.25, -0.2) is 0 Å². The summed E-state index contributed by atoms with van der Waals surface area (Å²) in [5, 5.41) is 16.3. The number of aromatic nitrogens is 3. The number of aryl methyl sites for hydroxylation is 1. The first kappa shape index (κ1) is 13.7. The van der Waals surface area contributed by atoms with E-state index in [0.29, 0.717) is 12.2 Å². The predicted octanol–water partition coefficient (Wildman–Crippen LogP) is 0.786. The van der Waals surface area contributed by atoms with Crippen LogP contribution in [0.3, 0.4) is 0 Å². The van der Waals surface area contributed by atoms with Crippen molar-refractivity contribution in [2.45, 2.75) is 13.0 Å². The van der Waals surface area contributed by atoms with Crippen LogP contribution in [0.15, 0.2) is 42.7 Å². The van der Waals surface area contributed by atoms with Crippen molar-refractivity contribution in [3.63, 3.8) is 0 Å². The van der Waals surface area contributed by atoms with E-state index in [1.807, 2.05) is 6.07 Å². The number of carboxylic acids is 1. The fraction of sp³-hybridized carbons (Fsp3) is 0.231. The Morgan fingerprint density at radius 3 is 2.60 bits per heavy atom. The summed E-state index contributed by atoms with van der Waals surface area (Å²) >= 11 is 0. The lowest BCUT2D eigenvalue weighted by atomic mass is 10.2. The molecule has 0 saturated carbocycles. The first-order chi connectivity index (χ1) is 9.66.